The number of unbranched alkanes of at least 4 members (excludes halogenated alkanes) is 2. The van der Waals surface area contributed by atoms with Gasteiger partial charge in [0.05, 0.1) is 32.0 Å². The van der Waals surface area contributed by atoms with Crippen LogP contribution >= 0.6 is 0 Å². The number of aryl methyl sites for hydroxylation is 1. The lowest BCUT2D eigenvalue weighted by Crippen LogP contribution is -2.13. The molecule has 0 amide bonds. The molecule has 3 aromatic rings. The summed E-state index contributed by atoms with van der Waals surface area (Å²) in [6.45, 7) is 8.85. The summed E-state index contributed by atoms with van der Waals surface area (Å²) in [7, 11) is 0. The molecule has 0 radical (unpaired) electrons. The molecule has 270 valence electrons. The van der Waals surface area contributed by atoms with Gasteiger partial charge in [-0.2, -0.15) is 0 Å². The van der Waals surface area contributed by atoms with Crippen molar-refractivity contribution in [2.45, 2.75) is 38.7 Å². The summed E-state index contributed by atoms with van der Waals surface area (Å²) in [5, 5.41) is 9.74. The van der Waals surface area contributed by atoms with E-state index in [4.69, 9.17) is 38.0 Å². The first-order valence-electron chi connectivity index (χ1n) is 15.7. The van der Waals surface area contributed by atoms with Crippen molar-refractivity contribution in [2.75, 3.05) is 26.4 Å². The third-order valence-electron chi connectivity index (χ3n) is 6.85. The average molecular weight is 707 g/mol. The van der Waals surface area contributed by atoms with Crippen LogP contribution in [0.15, 0.2) is 92.0 Å². The van der Waals surface area contributed by atoms with E-state index in [0.29, 0.717) is 42.4 Å². The molecule has 1 N–H and O–H groups in total. The summed E-state index contributed by atoms with van der Waals surface area (Å²) in [6.07, 6.45) is 1.32. The third kappa shape index (κ3) is 13.8. The maximum atomic E-state index is 12.9. The van der Waals surface area contributed by atoms with Gasteiger partial charge in [0.25, 0.3) is 0 Å². The summed E-state index contributed by atoms with van der Waals surface area (Å²) in [5.74, 6) is -1.12. The SMILES string of the molecule is C=CC(=O)OCCCCOC(=O)Oc1ccc(OC(=O)c2ccc(C(OO)c3ccc(OC(=O)OCCCCOC(=O)C=C)cc3)c(C)c2)cc1. The molecule has 0 saturated heterocycles. The molecule has 0 heterocycles. The molecule has 0 fully saturated rings. The van der Waals surface area contributed by atoms with Crippen LogP contribution in [-0.4, -0.2) is 61.9 Å². The Labute approximate surface area is 294 Å². The van der Waals surface area contributed by atoms with Gasteiger partial charge in [-0.15, -0.1) is 0 Å². The topological polar surface area (TPSA) is 179 Å². The molecule has 14 heteroatoms. The largest absolute Gasteiger partial charge is 0.513 e. The molecule has 0 aromatic heterocycles. The number of benzene rings is 3. The van der Waals surface area contributed by atoms with E-state index in [1.807, 2.05) is 0 Å². The molecule has 0 bridgehead atoms. The van der Waals surface area contributed by atoms with Crippen LogP contribution in [0.4, 0.5) is 9.59 Å². The van der Waals surface area contributed by atoms with E-state index >= 15 is 0 Å². The van der Waals surface area contributed by atoms with Crippen molar-refractivity contribution in [1.82, 2.24) is 0 Å². The van der Waals surface area contributed by atoms with Crippen LogP contribution < -0.4 is 14.2 Å². The zero-order valence-electron chi connectivity index (χ0n) is 27.9. The molecule has 3 rings (SSSR count). The first kappa shape index (κ1) is 39.4. The molecule has 0 aliphatic heterocycles. The van der Waals surface area contributed by atoms with E-state index in [1.54, 1.807) is 31.2 Å². The maximum absolute atomic E-state index is 12.9. The second kappa shape index (κ2) is 21.2. The summed E-state index contributed by atoms with van der Waals surface area (Å²) in [6, 6.07) is 16.7. The minimum atomic E-state index is -0.924. The van der Waals surface area contributed by atoms with E-state index in [2.05, 4.69) is 13.2 Å². The predicted octanol–water partition coefficient (Wildman–Crippen LogP) is 6.84. The summed E-state index contributed by atoms with van der Waals surface area (Å²) in [4.78, 5) is 63.5. The quantitative estimate of drug-likeness (QED) is 0.0200. The number of esters is 3. The summed E-state index contributed by atoms with van der Waals surface area (Å²) < 4.78 is 35.4. The van der Waals surface area contributed by atoms with Gasteiger partial charge in [0.15, 0.2) is 0 Å². The zero-order valence-corrected chi connectivity index (χ0v) is 27.9. The van der Waals surface area contributed by atoms with Gasteiger partial charge in [-0.1, -0.05) is 31.4 Å². The molecule has 0 aliphatic rings. The number of ether oxygens (including phenoxy) is 7. The van der Waals surface area contributed by atoms with Gasteiger partial charge in [-0.05, 0) is 97.8 Å². The van der Waals surface area contributed by atoms with Gasteiger partial charge in [-0.3, -0.25) is 5.26 Å². The minimum absolute atomic E-state index is 0.0743. The van der Waals surface area contributed by atoms with Crippen LogP contribution in [0.25, 0.3) is 0 Å². The Morgan fingerprint density at radius 3 is 1.49 bits per heavy atom. The van der Waals surface area contributed by atoms with Gasteiger partial charge in [0, 0.05) is 12.2 Å². The molecule has 0 saturated carbocycles. The van der Waals surface area contributed by atoms with Gasteiger partial charge in [0.2, 0.25) is 0 Å². The Hall–Kier alpha value is -5.99. The lowest BCUT2D eigenvalue weighted by Gasteiger charge is -2.18. The molecule has 1 atom stereocenters. The standard InChI is InChI=1S/C37H38O14/c1-4-32(38)44-20-6-8-22-46-36(41)49-29-13-10-26(11-14-29)34(51-43)31-19-12-27(24-25(31)3)35(40)48-28-15-17-30(18-16-28)50-37(42)47-23-9-7-21-45-33(39)5-2/h4-5,10-19,24,34,43H,1-2,6-9,20-23H2,3H3. The van der Waals surface area contributed by atoms with Crippen molar-refractivity contribution in [3.05, 3.63) is 114 Å². The van der Waals surface area contributed by atoms with E-state index in [9.17, 15) is 29.2 Å². The van der Waals surface area contributed by atoms with Crippen LogP contribution in [0.3, 0.4) is 0 Å². The molecule has 3 aromatic carbocycles. The van der Waals surface area contributed by atoms with E-state index < -0.39 is 36.3 Å². The summed E-state index contributed by atoms with van der Waals surface area (Å²) >= 11 is 0. The first-order chi connectivity index (χ1) is 24.6. The highest BCUT2D eigenvalue weighted by Gasteiger charge is 2.20. The molecular weight excluding hydrogens is 668 g/mol. The van der Waals surface area contributed by atoms with Crippen LogP contribution in [0.2, 0.25) is 0 Å². The van der Waals surface area contributed by atoms with Gasteiger partial charge in [0.1, 0.15) is 23.4 Å². The monoisotopic (exact) mass is 706 g/mol. The summed E-state index contributed by atoms with van der Waals surface area (Å²) in [5.41, 5.74) is 1.94. The van der Waals surface area contributed by atoms with Crippen molar-refractivity contribution in [2.24, 2.45) is 0 Å². The molecule has 1 unspecified atom stereocenters. The fourth-order valence-electron chi connectivity index (χ4n) is 4.28. The van der Waals surface area contributed by atoms with Crippen molar-refractivity contribution >= 4 is 30.2 Å². The third-order valence-corrected chi connectivity index (χ3v) is 6.85. The Morgan fingerprint density at radius 2 is 1.06 bits per heavy atom. The van der Waals surface area contributed by atoms with Gasteiger partial charge >= 0.3 is 30.2 Å². The second-order valence-corrected chi connectivity index (χ2v) is 10.5. The fraction of sp³-hybridized carbons (Fsp3) is 0.270. The number of hydrogen-bond acceptors (Lipinski definition) is 14. The number of hydrogen-bond donors (Lipinski definition) is 1. The molecular formula is C37H38O14. The fourth-order valence-corrected chi connectivity index (χ4v) is 4.28. The lowest BCUT2D eigenvalue weighted by atomic mass is 9.96. The van der Waals surface area contributed by atoms with Crippen molar-refractivity contribution in [3.63, 3.8) is 0 Å². The van der Waals surface area contributed by atoms with E-state index in [0.717, 1.165) is 12.2 Å². The highest BCUT2D eigenvalue weighted by Crippen LogP contribution is 2.30. The highest BCUT2D eigenvalue weighted by molar-refractivity contribution is 5.91. The van der Waals surface area contributed by atoms with Gasteiger partial charge in [-0.25, -0.2) is 28.9 Å². The van der Waals surface area contributed by atoms with Crippen molar-refractivity contribution < 1.29 is 67.3 Å². The lowest BCUT2D eigenvalue weighted by molar-refractivity contribution is -0.270. The second-order valence-electron chi connectivity index (χ2n) is 10.5. The first-order valence-corrected chi connectivity index (χ1v) is 15.7. The Morgan fingerprint density at radius 1 is 0.627 bits per heavy atom. The minimum Gasteiger partial charge on any atom is -0.463 e. The van der Waals surface area contributed by atoms with E-state index in [-0.39, 0.29) is 49.2 Å². The zero-order chi connectivity index (χ0) is 37.0. The van der Waals surface area contributed by atoms with Crippen molar-refractivity contribution in [3.8, 4) is 17.2 Å². The number of carbonyl (C=O) groups excluding carboxylic acids is 5. The maximum Gasteiger partial charge on any atom is 0.513 e. The molecule has 0 aliphatic carbocycles. The highest BCUT2D eigenvalue weighted by atomic mass is 17.1. The number of rotatable bonds is 19. The van der Waals surface area contributed by atoms with Crippen LogP contribution in [-0.2, 0) is 33.4 Å². The van der Waals surface area contributed by atoms with Crippen LogP contribution in [0.1, 0.15) is 58.8 Å². The van der Waals surface area contributed by atoms with Gasteiger partial charge < -0.3 is 33.2 Å². The molecule has 14 nitrogen and oxygen atoms in total. The Kier molecular flexibility index (Phi) is 16.4. The Bertz CT molecular complexity index is 1650. The molecule has 0 spiro atoms. The number of carbonyl (C=O) groups is 5. The smallest absolute Gasteiger partial charge is 0.463 e. The van der Waals surface area contributed by atoms with Crippen molar-refractivity contribution in [1.29, 1.82) is 0 Å². The van der Waals surface area contributed by atoms with E-state index in [1.165, 1.54) is 42.5 Å². The average Bonchev–Trinajstić information content (AvgIpc) is 3.13. The Balaban J connectivity index is 1.46. The van der Waals surface area contributed by atoms with Crippen LogP contribution in [0.5, 0.6) is 17.2 Å². The molecule has 51 heavy (non-hydrogen) atoms. The predicted molar refractivity (Wildman–Crippen MR) is 179 cm³/mol. The van der Waals surface area contributed by atoms with Crippen LogP contribution in [0, 0.1) is 6.92 Å². The normalized spacial score (nSPS) is 10.9.